The zero-order valence-corrected chi connectivity index (χ0v) is 12.9. The summed E-state index contributed by atoms with van der Waals surface area (Å²) in [6.07, 6.45) is 11.5. The lowest BCUT2D eigenvalue weighted by atomic mass is 9.86. The predicted octanol–water partition coefficient (Wildman–Crippen LogP) is 4.03. The van der Waals surface area contributed by atoms with E-state index in [1.54, 1.807) is 0 Å². The second-order valence-corrected chi connectivity index (χ2v) is 7.23. The van der Waals surface area contributed by atoms with Gasteiger partial charge in [-0.3, -0.25) is 0 Å². The van der Waals surface area contributed by atoms with Crippen LogP contribution in [0.25, 0.3) is 0 Å². The first-order chi connectivity index (χ1) is 8.36. The average molecular weight is 258 g/mol. The van der Waals surface area contributed by atoms with Gasteiger partial charge in [0.1, 0.15) is 0 Å². The second kappa shape index (κ2) is 10.1. The summed E-state index contributed by atoms with van der Waals surface area (Å²) in [6.45, 7) is 5.78. The van der Waals surface area contributed by atoms with E-state index in [2.05, 4.69) is 13.8 Å². The van der Waals surface area contributed by atoms with Gasteiger partial charge in [0.15, 0.2) is 0 Å². The normalized spacial score (nSPS) is 17.8. The molecule has 0 unspecified atom stereocenters. The Balaban J connectivity index is 2.00. The van der Waals surface area contributed by atoms with E-state index in [0.29, 0.717) is 0 Å². The Morgan fingerprint density at radius 2 is 1.59 bits per heavy atom. The molecular weight excluding hydrogens is 228 g/mol. The summed E-state index contributed by atoms with van der Waals surface area (Å²) in [4.78, 5) is 0. The quantitative estimate of drug-likeness (QED) is 0.459. The summed E-state index contributed by atoms with van der Waals surface area (Å²) >= 11 is 0. The van der Waals surface area contributed by atoms with Crippen LogP contribution in [0.3, 0.4) is 0 Å². The van der Waals surface area contributed by atoms with Gasteiger partial charge in [-0.1, -0.05) is 51.4 Å². The summed E-state index contributed by atoms with van der Waals surface area (Å²) in [7, 11) is -1.31. The van der Waals surface area contributed by atoms with E-state index in [9.17, 15) is 0 Å². The molecule has 0 bridgehead atoms. The van der Waals surface area contributed by atoms with Crippen molar-refractivity contribution in [3.05, 3.63) is 0 Å². The highest BCUT2D eigenvalue weighted by Gasteiger charge is 2.14. The van der Waals surface area contributed by atoms with Gasteiger partial charge in [-0.15, -0.1) is 0 Å². The minimum absolute atomic E-state index is 0.819. The molecule has 0 aromatic carbocycles. The molecule has 0 radical (unpaired) electrons. The Morgan fingerprint density at radius 3 is 2.18 bits per heavy atom. The highest BCUT2D eigenvalue weighted by Crippen LogP contribution is 2.28. The lowest BCUT2D eigenvalue weighted by molar-refractivity contribution is 0.212. The van der Waals surface area contributed by atoms with Crippen LogP contribution in [0.1, 0.15) is 65.2 Å². The zero-order chi connectivity index (χ0) is 12.3. The molecule has 0 aromatic heterocycles. The van der Waals surface area contributed by atoms with Crippen molar-refractivity contribution in [1.82, 2.24) is 0 Å². The van der Waals surface area contributed by atoms with Gasteiger partial charge in [-0.2, -0.15) is 0 Å². The smallest absolute Gasteiger partial charge is 0.321 e. The molecule has 0 amide bonds. The summed E-state index contributed by atoms with van der Waals surface area (Å²) in [6, 6.07) is 1.20. The summed E-state index contributed by atoms with van der Waals surface area (Å²) in [5.41, 5.74) is 0. The predicted molar refractivity (Wildman–Crippen MR) is 75.6 cm³/mol. The molecule has 1 aliphatic carbocycles. The fraction of sp³-hybridized carbons (Fsp3) is 1.00. The average Bonchev–Trinajstić information content (AvgIpc) is 2.36. The van der Waals surface area contributed by atoms with Gasteiger partial charge in [0.25, 0.3) is 0 Å². The van der Waals surface area contributed by atoms with Gasteiger partial charge in [-0.25, -0.2) is 0 Å². The molecule has 2 nitrogen and oxygen atoms in total. The van der Waals surface area contributed by atoms with Gasteiger partial charge in [-0.05, 0) is 25.8 Å². The van der Waals surface area contributed by atoms with Gasteiger partial charge in [0, 0.05) is 13.2 Å². The number of rotatable bonds is 9. The van der Waals surface area contributed by atoms with Crippen molar-refractivity contribution < 1.29 is 8.85 Å². The summed E-state index contributed by atoms with van der Waals surface area (Å²) < 4.78 is 11.4. The molecular formula is C14H30O2Si. The van der Waals surface area contributed by atoms with Crippen molar-refractivity contribution in [2.45, 2.75) is 71.3 Å². The number of hydrogen-bond acceptors (Lipinski definition) is 2. The minimum Gasteiger partial charge on any atom is -0.397 e. The lowest BCUT2D eigenvalue weighted by Crippen LogP contribution is -2.22. The molecule has 17 heavy (non-hydrogen) atoms. The third-order valence-corrected chi connectivity index (χ3v) is 6.02. The summed E-state index contributed by atoms with van der Waals surface area (Å²) in [5, 5.41) is 0. The van der Waals surface area contributed by atoms with Gasteiger partial charge in [0.2, 0.25) is 0 Å². The van der Waals surface area contributed by atoms with Crippen LogP contribution in [0.2, 0.25) is 6.04 Å². The first kappa shape index (κ1) is 15.2. The van der Waals surface area contributed by atoms with Crippen molar-refractivity contribution >= 4 is 9.28 Å². The molecule has 0 saturated heterocycles. The maximum absolute atomic E-state index is 5.69. The Labute approximate surface area is 109 Å². The van der Waals surface area contributed by atoms with Crippen molar-refractivity contribution in [2.75, 3.05) is 13.2 Å². The van der Waals surface area contributed by atoms with Crippen LogP contribution in [-0.2, 0) is 8.85 Å². The van der Waals surface area contributed by atoms with E-state index < -0.39 is 9.28 Å². The third kappa shape index (κ3) is 7.22. The second-order valence-electron chi connectivity index (χ2n) is 5.13. The maximum atomic E-state index is 5.69. The van der Waals surface area contributed by atoms with Crippen molar-refractivity contribution in [1.29, 1.82) is 0 Å². The van der Waals surface area contributed by atoms with Gasteiger partial charge in [0.05, 0.1) is 0 Å². The molecule has 3 heteroatoms. The van der Waals surface area contributed by atoms with Crippen LogP contribution >= 0.6 is 0 Å². The minimum atomic E-state index is -1.31. The molecule has 0 aromatic rings. The Morgan fingerprint density at radius 1 is 0.941 bits per heavy atom. The first-order valence-corrected chi connectivity index (χ1v) is 9.36. The molecule has 102 valence electrons. The fourth-order valence-electron chi connectivity index (χ4n) is 2.81. The van der Waals surface area contributed by atoms with Crippen LogP contribution in [0.4, 0.5) is 0 Å². The monoisotopic (exact) mass is 258 g/mol. The van der Waals surface area contributed by atoms with Crippen LogP contribution in [0.15, 0.2) is 0 Å². The maximum Gasteiger partial charge on any atom is 0.321 e. The van der Waals surface area contributed by atoms with E-state index in [1.807, 2.05) is 0 Å². The summed E-state index contributed by atoms with van der Waals surface area (Å²) in [5.74, 6) is 1.03. The highest BCUT2D eigenvalue weighted by molar-refractivity contribution is 6.44. The topological polar surface area (TPSA) is 18.5 Å². The highest BCUT2D eigenvalue weighted by atomic mass is 28.3. The van der Waals surface area contributed by atoms with Crippen molar-refractivity contribution in [2.24, 2.45) is 5.92 Å². The molecule has 0 N–H and O–H groups in total. The lowest BCUT2D eigenvalue weighted by Gasteiger charge is -2.21. The van der Waals surface area contributed by atoms with Crippen molar-refractivity contribution in [3.8, 4) is 0 Å². The Kier molecular flexibility index (Phi) is 9.02. The van der Waals surface area contributed by atoms with Crippen LogP contribution in [0.5, 0.6) is 0 Å². The van der Waals surface area contributed by atoms with Crippen LogP contribution < -0.4 is 0 Å². The number of unbranched alkanes of at least 4 members (excludes halogenated alkanes) is 1. The molecule has 0 atom stereocenters. The molecule has 1 saturated carbocycles. The van der Waals surface area contributed by atoms with Gasteiger partial charge >= 0.3 is 9.28 Å². The largest absolute Gasteiger partial charge is 0.397 e. The molecule has 1 rings (SSSR count). The van der Waals surface area contributed by atoms with E-state index in [0.717, 1.165) is 19.1 Å². The standard InChI is InChI=1S/C14H30O2Si/c1-3-15-17(16-4-2)13-9-8-12-14-10-6-5-7-11-14/h14,17H,3-13H2,1-2H3. The Bertz CT molecular complexity index is 164. The molecule has 1 fully saturated rings. The van der Waals surface area contributed by atoms with Gasteiger partial charge < -0.3 is 8.85 Å². The van der Waals surface area contributed by atoms with Crippen molar-refractivity contribution in [3.63, 3.8) is 0 Å². The van der Waals surface area contributed by atoms with E-state index >= 15 is 0 Å². The van der Waals surface area contributed by atoms with Crippen LogP contribution in [-0.4, -0.2) is 22.5 Å². The molecule has 0 aliphatic heterocycles. The fourth-order valence-corrected chi connectivity index (χ4v) is 4.60. The molecule has 0 heterocycles. The SMILES string of the molecule is CCO[SiH](CCCCC1CCCCC1)OCC. The molecule has 0 spiro atoms. The first-order valence-electron chi connectivity index (χ1n) is 7.60. The molecule has 1 aliphatic rings. The zero-order valence-electron chi connectivity index (χ0n) is 11.7. The third-order valence-electron chi connectivity index (χ3n) is 3.73. The van der Waals surface area contributed by atoms with E-state index in [-0.39, 0.29) is 0 Å². The van der Waals surface area contributed by atoms with Crippen LogP contribution in [0, 0.1) is 5.92 Å². The van der Waals surface area contributed by atoms with E-state index in [1.165, 1.54) is 57.4 Å². The van der Waals surface area contributed by atoms with E-state index in [4.69, 9.17) is 8.85 Å². The number of hydrogen-bond donors (Lipinski definition) is 0. The Hall–Kier alpha value is 0.137.